The van der Waals surface area contributed by atoms with Crippen LogP contribution >= 0.6 is 0 Å². The second-order valence-corrected chi connectivity index (χ2v) is 7.69. The third-order valence-corrected chi connectivity index (χ3v) is 4.85. The molecule has 0 bridgehead atoms. The Morgan fingerprint density at radius 1 is 1.37 bits per heavy atom. The number of nitrogens with zero attached hydrogens (tertiary/aromatic N) is 6. The van der Waals surface area contributed by atoms with Gasteiger partial charge in [-0.2, -0.15) is 10.1 Å². The lowest BCUT2D eigenvalue weighted by molar-refractivity contribution is 0.0697. The first-order chi connectivity index (χ1) is 13.0. The first kappa shape index (κ1) is 17.6. The van der Waals surface area contributed by atoms with Crippen LogP contribution in [0.15, 0.2) is 23.1 Å². The van der Waals surface area contributed by atoms with E-state index in [4.69, 9.17) is 4.52 Å². The molecule has 0 aromatic carbocycles. The average molecular weight is 368 g/mol. The molecule has 0 aliphatic carbocycles. The van der Waals surface area contributed by atoms with Gasteiger partial charge in [0.05, 0.1) is 12.1 Å². The highest BCUT2D eigenvalue weighted by atomic mass is 16.5. The zero-order valence-electron chi connectivity index (χ0n) is 15.9. The summed E-state index contributed by atoms with van der Waals surface area (Å²) >= 11 is 0. The van der Waals surface area contributed by atoms with Gasteiger partial charge in [0.25, 0.3) is 5.91 Å². The summed E-state index contributed by atoms with van der Waals surface area (Å²) in [6, 6.07) is 0. The van der Waals surface area contributed by atoms with Gasteiger partial charge in [0, 0.05) is 31.9 Å². The lowest BCUT2D eigenvalue weighted by atomic mass is 9.97. The summed E-state index contributed by atoms with van der Waals surface area (Å²) in [5.74, 6) is 1.88. The predicted molar refractivity (Wildman–Crippen MR) is 98.4 cm³/mol. The Labute approximate surface area is 157 Å². The molecule has 0 spiro atoms. The summed E-state index contributed by atoms with van der Waals surface area (Å²) < 4.78 is 7.13. The first-order valence-electron chi connectivity index (χ1n) is 9.43. The zero-order chi connectivity index (χ0) is 19.0. The topological polar surface area (TPSA) is 89.4 Å². The Morgan fingerprint density at radius 2 is 2.22 bits per heavy atom. The molecule has 0 unspecified atom stereocenters. The summed E-state index contributed by atoms with van der Waals surface area (Å²) in [6.07, 6.45) is 7.87. The third-order valence-electron chi connectivity index (χ3n) is 4.85. The van der Waals surface area contributed by atoms with E-state index in [9.17, 15) is 4.79 Å². The minimum absolute atomic E-state index is 0.0482. The Balaban J connectivity index is 1.52. The highest BCUT2D eigenvalue weighted by Crippen LogP contribution is 2.27. The lowest BCUT2D eigenvalue weighted by Gasteiger charge is -2.30. The molecule has 1 aliphatic rings. The van der Waals surface area contributed by atoms with Crippen LogP contribution in [0.4, 0.5) is 0 Å². The highest BCUT2D eigenvalue weighted by Gasteiger charge is 2.30. The maximum atomic E-state index is 13.1. The van der Waals surface area contributed by atoms with Gasteiger partial charge in [-0.05, 0) is 31.2 Å². The van der Waals surface area contributed by atoms with Gasteiger partial charge >= 0.3 is 0 Å². The van der Waals surface area contributed by atoms with Gasteiger partial charge in [0.2, 0.25) is 5.89 Å². The molecule has 142 valence electrons. The largest absolute Gasteiger partial charge is 0.339 e. The van der Waals surface area contributed by atoms with E-state index in [1.54, 1.807) is 16.9 Å². The summed E-state index contributed by atoms with van der Waals surface area (Å²) in [4.78, 5) is 23.8. The minimum Gasteiger partial charge on any atom is -0.339 e. The van der Waals surface area contributed by atoms with Crippen LogP contribution in [0.3, 0.4) is 0 Å². The van der Waals surface area contributed by atoms with Gasteiger partial charge < -0.3 is 9.42 Å². The van der Waals surface area contributed by atoms with E-state index in [0.29, 0.717) is 36.1 Å². The molecule has 4 rings (SSSR count). The second kappa shape index (κ2) is 7.09. The number of hydrogen-bond acceptors (Lipinski definition) is 6. The van der Waals surface area contributed by atoms with Crippen LogP contribution < -0.4 is 0 Å². The standard InChI is InChI=1S/C19H24N6O2/c1-12(2)7-16-22-18(27-23-16)14-5-4-6-24(11-14)19(26)15-9-21-25-10-13(3)8-20-17(15)25/h8-10,12,14H,4-7,11H2,1-3H3/t14-/m0/s1. The summed E-state index contributed by atoms with van der Waals surface area (Å²) in [6.45, 7) is 7.49. The number of aromatic nitrogens is 5. The smallest absolute Gasteiger partial charge is 0.259 e. The van der Waals surface area contributed by atoms with Crippen molar-refractivity contribution in [2.45, 2.75) is 46.0 Å². The van der Waals surface area contributed by atoms with Crippen molar-refractivity contribution in [1.29, 1.82) is 0 Å². The van der Waals surface area contributed by atoms with Crippen molar-refractivity contribution in [3.63, 3.8) is 0 Å². The summed E-state index contributed by atoms with van der Waals surface area (Å²) in [7, 11) is 0. The highest BCUT2D eigenvalue weighted by molar-refractivity contribution is 5.99. The van der Waals surface area contributed by atoms with Gasteiger partial charge in [0.1, 0.15) is 5.56 Å². The monoisotopic (exact) mass is 368 g/mol. The van der Waals surface area contributed by atoms with E-state index in [1.807, 2.05) is 18.0 Å². The SMILES string of the molecule is Cc1cnc2c(C(=O)N3CCC[C@H](c4nc(CC(C)C)no4)C3)cnn2c1. The molecular formula is C19H24N6O2. The van der Waals surface area contributed by atoms with Crippen LogP contribution in [0.1, 0.15) is 60.2 Å². The van der Waals surface area contributed by atoms with Crippen LogP contribution in [0.25, 0.3) is 5.65 Å². The van der Waals surface area contributed by atoms with Crippen molar-refractivity contribution >= 4 is 11.6 Å². The van der Waals surface area contributed by atoms with Crippen LogP contribution in [0.5, 0.6) is 0 Å². The number of amides is 1. The Kier molecular flexibility index (Phi) is 4.63. The predicted octanol–water partition coefficient (Wildman–Crippen LogP) is 2.64. The average Bonchev–Trinajstić information content (AvgIpc) is 3.27. The molecule has 4 heterocycles. The number of fused-ring (bicyclic) bond motifs is 1. The summed E-state index contributed by atoms with van der Waals surface area (Å²) in [5.41, 5.74) is 2.11. The van der Waals surface area contributed by atoms with E-state index in [0.717, 1.165) is 30.7 Å². The molecule has 8 nitrogen and oxygen atoms in total. The molecule has 8 heteroatoms. The number of piperidine rings is 1. The fourth-order valence-electron chi connectivity index (χ4n) is 3.53. The van der Waals surface area contributed by atoms with Crippen LogP contribution in [0, 0.1) is 12.8 Å². The van der Waals surface area contributed by atoms with Crippen molar-refractivity contribution < 1.29 is 9.32 Å². The molecule has 1 aliphatic heterocycles. The molecule has 1 fully saturated rings. The molecule has 1 amide bonds. The van der Waals surface area contributed by atoms with Gasteiger partial charge in [-0.15, -0.1) is 0 Å². The quantitative estimate of drug-likeness (QED) is 0.703. The maximum Gasteiger partial charge on any atom is 0.259 e. The fraction of sp³-hybridized carbons (Fsp3) is 0.526. The second-order valence-electron chi connectivity index (χ2n) is 7.69. The Bertz CT molecular complexity index is 960. The van der Waals surface area contributed by atoms with E-state index in [-0.39, 0.29) is 11.8 Å². The van der Waals surface area contributed by atoms with Crippen LogP contribution in [0.2, 0.25) is 0 Å². The molecule has 1 atom stereocenters. The van der Waals surface area contributed by atoms with E-state index < -0.39 is 0 Å². The normalized spacial score (nSPS) is 17.8. The van der Waals surface area contributed by atoms with E-state index in [1.165, 1.54) is 0 Å². The molecule has 3 aromatic rings. The van der Waals surface area contributed by atoms with Crippen molar-refractivity contribution in [2.24, 2.45) is 5.92 Å². The zero-order valence-corrected chi connectivity index (χ0v) is 15.9. The number of aryl methyl sites for hydroxylation is 1. The van der Waals surface area contributed by atoms with Crippen LogP contribution in [-0.4, -0.2) is 48.6 Å². The maximum absolute atomic E-state index is 13.1. The number of likely N-dealkylation sites (tertiary alicyclic amines) is 1. The van der Waals surface area contributed by atoms with E-state index in [2.05, 4.69) is 34.1 Å². The third kappa shape index (κ3) is 3.56. The molecule has 3 aromatic heterocycles. The van der Waals surface area contributed by atoms with Crippen molar-refractivity contribution in [2.75, 3.05) is 13.1 Å². The molecule has 0 saturated carbocycles. The van der Waals surface area contributed by atoms with E-state index >= 15 is 0 Å². The Morgan fingerprint density at radius 3 is 3.04 bits per heavy atom. The molecule has 0 N–H and O–H groups in total. The summed E-state index contributed by atoms with van der Waals surface area (Å²) in [5, 5.41) is 8.36. The van der Waals surface area contributed by atoms with Gasteiger partial charge in [-0.3, -0.25) is 4.79 Å². The Hall–Kier alpha value is -2.77. The number of hydrogen-bond donors (Lipinski definition) is 0. The molecule has 0 radical (unpaired) electrons. The molecular weight excluding hydrogens is 344 g/mol. The molecule has 1 saturated heterocycles. The number of carbonyl (C=O) groups excluding carboxylic acids is 1. The van der Waals surface area contributed by atoms with Crippen molar-refractivity contribution in [3.05, 3.63) is 41.4 Å². The van der Waals surface area contributed by atoms with Gasteiger partial charge in [0.15, 0.2) is 11.5 Å². The van der Waals surface area contributed by atoms with Crippen molar-refractivity contribution in [1.82, 2.24) is 29.6 Å². The van der Waals surface area contributed by atoms with Gasteiger partial charge in [-0.25, -0.2) is 9.50 Å². The van der Waals surface area contributed by atoms with Gasteiger partial charge in [-0.1, -0.05) is 19.0 Å². The first-order valence-corrected chi connectivity index (χ1v) is 9.43. The minimum atomic E-state index is -0.0482. The number of rotatable bonds is 4. The fourth-order valence-corrected chi connectivity index (χ4v) is 3.53. The van der Waals surface area contributed by atoms with Crippen molar-refractivity contribution in [3.8, 4) is 0 Å². The number of carbonyl (C=O) groups is 1. The van der Waals surface area contributed by atoms with Crippen LogP contribution in [-0.2, 0) is 6.42 Å². The molecule has 27 heavy (non-hydrogen) atoms. The lowest BCUT2D eigenvalue weighted by Crippen LogP contribution is -2.39.